The van der Waals surface area contributed by atoms with Crippen molar-refractivity contribution in [1.29, 1.82) is 0 Å². The van der Waals surface area contributed by atoms with Gasteiger partial charge < -0.3 is 16.2 Å². The molecule has 0 aliphatic heterocycles. The maximum Gasteiger partial charge on any atom is 0.217 e. The Hall–Kier alpha value is -1.33. The van der Waals surface area contributed by atoms with Gasteiger partial charge in [0, 0.05) is 18.5 Å². The third-order valence-corrected chi connectivity index (χ3v) is 2.42. The van der Waals surface area contributed by atoms with Crippen LogP contribution in [0, 0.1) is 5.82 Å². The Kier molecular flexibility index (Phi) is 5.18. The molecule has 0 bridgehead atoms. The monoisotopic (exact) mass is 260 g/mol. The molecule has 0 fully saturated rings. The van der Waals surface area contributed by atoms with E-state index in [9.17, 15) is 9.18 Å². The number of hydrogen-bond donors (Lipinski definition) is 2. The lowest BCUT2D eigenvalue weighted by molar-refractivity contribution is -0.118. The van der Waals surface area contributed by atoms with Gasteiger partial charge in [0.1, 0.15) is 18.2 Å². The molecule has 94 valence electrons. The van der Waals surface area contributed by atoms with Crippen LogP contribution in [0.25, 0.3) is 0 Å². The highest BCUT2D eigenvalue weighted by atomic mass is 35.5. The molecule has 0 aromatic heterocycles. The number of hydrogen-bond acceptors (Lipinski definition) is 3. The summed E-state index contributed by atoms with van der Waals surface area (Å²) in [4.78, 5) is 10.5. The van der Waals surface area contributed by atoms with Gasteiger partial charge in [-0.3, -0.25) is 4.79 Å². The fourth-order valence-electron chi connectivity index (χ4n) is 1.20. The van der Waals surface area contributed by atoms with Crippen LogP contribution in [0.3, 0.4) is 0 Å². The third-order valence-electron chi connectivity index (χ3n) is 2.11. The topological polar surface area (TPSA) is 78.3 Å². The van der Waals surface area contributed by atoms with Crippen LogP contribution in [0.2, 0.25) is 5.02 Å². The highest BCUT2D eigenvalue weighted by molar-refractivity contribution is 6.32. The summed E-state index contributed by atoms with van der Waals surface area (Å²) < 4.78 is 18.2. The van der Waals surface area contributed by atoms with Gasteiger partial charge in [0.05, 0.1) is 5.02 Å². The lowest BCUT2D eigenvalue weighted by Gasteiger charge is -2.13. The normalized spacial score (nSPS) is 12.2. The number of carbonyl (C=O) groups excluding carboxylic acids is 1. The number of rotatable bonds is 6. The first-order valence-corrected chi connectivity index (χ1v) is 5.48. The number of nitrogens with two attached hydrogens (primary N) is 2. The van der Waals surface area contributed by atoms with Gasteiger partial charge in [-0.1, -0.05) is 11.6 Å². The molecule has 4 nitrogen and oxygen atoms in total. The van der Waals surface area contributed by atoms with E-state index in [4.69, 9.17) is 27.8 Å². The molecule has 4 N–H and O–H groups in total. The van der Waals surface area contributed by atoms with Crippen LogP contribution in [0.15, 0.2) is 18.2 Å². The van der Waals surface area contributed by atoms with Crippen LogP contribution in [-0.4, -0.2) is 18.6 Å². The van der Waals surface area contributed by atoms with E-state index in [1.165, 1.54) is 18.2 Å². The Morgan fingerprint density at radius 1 is 1.53 bits per heavy atom. The van der Waals surface area contributed by atoms with Gasteiger partial charge in [-0.25, -0.2) is 4.39 Å². The van der Waals surface area contributed by atoms with Crippen molar-refractivity contribution in [3.63, 3.8) is 0 Å². The number of ether oxygens (including phenoxy) is 1. The van der Waals surface area contributed by atoms with E-state index in [0.29, 0.717) is 11.4 Å². The van der Waals surface area contributed by atoms with Gasteiger partial charge in [-0.15, -0.1) is 0 Å². The molecule has 0 radical (unpaired) electrons. The maximum absolute atomic E-state index is 12.9. The molecule has 0 saturated heterocycles. The van der Waals surface area contributed by atoms with Crippen molar-refractivity contribution in [2.45, 2.75) is 18.9 Å². The highest BCUT2D eigenvalue weighted by Gasteiger charge is 2.08. The first-order valence-electron chi connectivity index (χ1n) is 5.10. The quantitative estimate of drug-likeness (QED) is 0.813. The molecular formula is C11H14ClFN2O2. The Balaban J connectivity index is 2.44. The predicted molar refractivity (Wildman–Crippen MR) is 63.3 cm³/mol. The molecule has 6 heteroatoms. The summed E-state index contributed by atoms with van der Waals surface area (Å²) in [6.45, 7) is 0.149. The molecule has 1 rings (SSSR count). The number of primary amides is 1. The first-order chi connectivity index (χ1) is 7.99. The lowest BCUT2D eigenvalue weighted by Crippen LogP contribution is -2.29. The fraction of sp³-hybridized carbons (Fsp3) is 0.364. The molecule has 0 aliphatic rings. The molecule has 1 aromatic rings. The summed E-state index contributed by atoms with van der Waals surface area (Å²) in [5.74, 6) is -0.611. The Bertz CT molecular complexity index is 401. The van der Waals surface area contributed by atoms with Crippen LogP contribution in [0.5, 0.6) is 5.75 Å². The van der Waals surface area contributed by atoms with E-state index in [-0.39, 0.29) is 24.8 Å². The minimum atomic E-state index is -0.435. The summed E-state index contributed by atoms with van der Waals surface area (Å²) in [5, 5.41) is 0.313. The second-order valence-corrected chi connectivity index (χ2v) is 4.06. The van der Waals surface area contributed by atoms with Crippen molar-refractivity contribution in [1.82, 2.24) is 0 Å². The number of carbonyl (C=O) groups is 1. The summed E-state index contributed by atoms with van der Waals surface area (Å²) in [6.07, 6.45) is 0.615. The van der Waals surface area contributed by atoms with Crippen LogP contribution >= 0.6 is 11.6 Å². The predicted octanol–water partition coefficient (Wildman–Crippen LogP) is 1.45. The molecule has 1 atom stereocenters. The zero-order valence-corrected chi connectivity index (χ0v) is 9.91. The van der Waals surface area contributed by atoms with Crippen LogP contribution in [-0.2, 0) is 4.79 Å². The van der Waals surface area contributed by atoms with E-state index >= 15 is 0 Å². The SMILES string of the molecule is NC(=O)CC[C@H](N)COc1cc(F)ccc1Cl. The van der Waals surface area contributed by atoms with Crippen molar-refractivity contribution in [3.8, 4) is 5.75 Å². The maximum atomic E-state index is 12.9. The largest absolute Gasteiger partial charge is 0.490 e. The second-order valence-electron chi connectivity index (χ2n) is 3.65. The molecule has 0 spiro atoms. The summed E-state index contributed by atoms with van der Waals surface area (Å²) in [5.41, 5.74) is 10.7. The van der Waals surface area contributed by atoms with Gasteiger partial charge in [-0.2, -0.15) is 0 Å². The molecule has 0 unspecified atom stereocenters. The second kappa shape index (κ2) is 6.42. The molecular weight excluding hydrogens is 247 g/mol. The molecule has 17 heavy (non-hydrogen) atoms. The smallest absolute Gasteiger partial charge is 0.217 e. The Morgan fingerprint density at radius 2 is 2.24 bits per heavy atom. The summed E-state index contributed by atoms with van der Waals surface area (Å²) >= 11 is 5.80. The number of benzene rings is 1. The summed E-state index contributed by atoms with van der Waals surface area (Å²) in [6, 6.07) is 3.48. The van der Waals surface area contributed by atoms with Crippen molar-refractivity contribution >= 4 is 17.5 Å². The van der Waals surface area contributed by atoms with Gasteiger partial charge in [0.25, 0.3) is 0 Å². The van der Waals surface area contributed by atoms with Crippen LogP contribution < -0.4 is 16.2 Å². The van der Waals surface area contributed by atoms with Gasteiger partial charge in [-0.05, 0) is 18.6 Å². The van der Waals surface area contributed by atoms with Gasteiger partial charge in [0.15, 0.2) is 0 Å². The minimum absolute atomic E-state index is 0.149. The molecule has 1 amide bonds. The third kappa shape index (κ3) is 5.01. The molecule has 0 aliphatic carbocycles. The Morgan fingerprint density at radius 3 is 2.88 bits per heavy atom. The van der Waals surface area contributed by atoms with E-state index in [2.05, 4.69) is 0 Å². The fourth-order valence-corrected chi connectivity index (χ4v) is 1.37. The van der Waals surface area contributed by atoms with Crippen LogP contribution in [0.4, 0.5) is 4.39 Å². The number of amides is 1. The minimum Gasteiger partial charge on any atom is -0.490 e. The van der Waals surface area contributed by atoms with Crippen molar-refractivity contribution in [3.05, 3.63) is 29.0 Å². The Labute approximate surface area is 104 Å². The van der Waals surface area contributed by atoms with E-state index < -0.39 is 11.7 Å². The number of halogens is 2. The first kappa shape index (κ1) is 13.7. The van der Waals surface area contributed by atoms with Gasteiger partial charge in [0.2, 0.25) is 5.91 Å². The summed E-state index contributed by atoms with van der Waals surface area (Å²) in [7, 11) is 0. The standard InChI is InChI=1S/C11H14ClFN2O2/c12-9-3-1-7(13)5-10(9)17-6-8(14)2-4-11(15)16/h1,3,5,8H,2,4,6,14H2,(H2,15,16)/t8-/m0/s1. The zero-order valence-electron chi connectivity index (χ0n) is 9.16. The van der Waals surface area contributed by atoms with E-state index in [1.54, 1.807) is 0 Å². The molecule has 0 saturated carbocycles. The van der Waals surface area contributed by atoms with Crippen molar-refractivity contribution < 1.29 is 13.9 Å². The average molecular weight is 261 g/mol. The van der Waals surface area contributed by atoms with E-state index in [0.717, 1.165) is 0 Å². The lowest BCUT2D eigenvalue weighted by atomic mass is 10.2. The van der Waals surface area contributed by atoms with E-state index in [1.807, 2.05) is 0 Å². The van der Waals surface area contributed by atoms with Crippen LogP contribution in [0.1, 0.15) is 12.8 Å². The zero-order chi connectivity index (χ0) is 12.8. The molecule has 1 aromatic carbocycles. The molecule has 0 heterocycles. The highest BCUT2D eigenvalue weighted by Crippen LogP contribution is 2.24. The van der Waals surface area contributed by atoms with Crippen molar-refractivity contribution in [2.24, 2.45) is 11.5 Å². The average Bonchev–Trinajstić information content (AvgIpc) is 2.27. The van der Waals surface area contributed by atoms with Gasteiger partial charge >= 0.3 is 0 Å². The van der Waals surface area contributed by atoms with Crippen molar-refractivity contribution in [2.75, 3.05) is 6.61 Å².